The third kappa shape index (κ3) is 2.01. The van der Waals surface area contributed by atoms with Gasteiger partial charge in [0, 0.05) is 11.6 Å². The molecule has 0 saturated heterocycles. The van der Waals surface area contributed by atoms with Crippen LogP contribution < -0.4 is 5.73 Å². The van der Waals surface area contributed by atoms with E-state index in [0.717, 1.165) is 16.6 Å². The molecule has 2 N–H and O–H groups in total. The summed E-state index contributed by atoms with van der Waals surface area (Å²) in [5.41, 5.74) is 7.89. The van der Waals surface area contributed by atoms with Gasteiger partial charge in [-0.05, 0) is 31.2 Å². The number of methoxy groups -OCH3 is 1. The molecule has 106 valence electrons. The molecule has 2 heterocycles. The van der Waals surface area contributed by atoms with E-state index in [2.05, 4.69) is 9.97 Å². The summed E-state index contributed by atoms with van der Waals surface area (Å²) >= 11 is 0. The van der Waals surface area contributed by atoms with Crippen LogP contribution in [0.5, 0.6) is 0 Å². The second-order valence-corrected chi connectivity index (χ2v) is 4.57. The van der Waals surface area contributed by atoms with Crippen LogP contribution in [0.3, 0.4) is 0 Å². The Bertz CT molecular complexity index is 834. The SMILES string of the molecule is COC(=O)c1nc(C)n(-c2cccc3ncccc23)c1N. The molecule has 0 fully saturated rings. The molecule has 0 radical (unpaired) electrons. The number of ether oxygens (including phenoxy) is 1. The lowest BCUT2D eigenvalue weighted by Crippen LogP contribution is -2.08. The van der Waals surface area contributed by atoms with Crippen molar-refractivity contribution in [1.29, 1.82) is 0 Å². The molecule has 0 unspecified atom stereocenters. The number of anilines is 1. The number of rotatable bonds is 2. The number of nitrogens with zero attached hydrogens (tertiary/aromatic N) is 3. The van der Waals surface area contributed by atoms with E-state index in [4.69, 9.17) is 10.5 Å². The van der Waals surface area contributed by atoms with Gasteiger partial charge in [0.25, 0.3) is 0 Å². The molecule has 0 aliphatic carbocycles. The Balaban J connectivity index is 2.29. The van der Waals surface area contributed by atoms with Gasteiger partial charge in [-0.1, -0.05) is 6.07 Å². The summed E-state index contributed by atoms with van der Waals surface area (Å²) in [5, 5.41) is 0.934. The zero-order valence-corrected chi connectivity index (χ0v) is 11.7. The monoisotopic (exact) mass is 282 g/mol. The zero-order valence-electron chi connectivity index (χ0n) is 11.7. The molecule has 6 nitrogen and oxygen atoms in total. The molecule has 6 heteroatoms. The Kier molecular flexibility index (Phi) is 3.06. The Labute approximate surface area is 121 Å². The normalized spacial score (nSPS) is 10.8. The van der Waals surface area contributed by atoms with Crippen molar-refractivity contribution >= 4 is 22.7 Å². The Morgan fingerprint density at radius 2 is 2.10 bits per heavy atom. The summed E-state index contributed by atoms with van der Waals surface area (Å²) in [7, 11) is 1.30. The fourth-order valence-corrected chi connectivity index (χ4v) is 2.38. The summed E-state index contributed by atoms with van der Waals surface area (Å²) in [4.78, 5) is 20.2. The van der Waals surface area contributed by atoms with Crippen molar-refractivity contribution < 1.29 is 9.53 Å². The highest BCUT2D eigenvalue weighted by molar-refractivity contribution is 5.94. The van der Waals surface area contributed by atoms with Crippen molar-refractivity contribution in [3.8, 4) is 5.69 Å². The number of esters is 1. The topological polar surface area (TPSA) is 83.0 Å². The van der Waals surface area contributed by atoms with Crippen molar-refractivity contribution in [3.05, 3.63) is 48.0 Å². The molecule has 1 aromatic carbocycles. The van der Waals surface area contributed by atoms with E-state index in [-0.39, 0.29) is 11.5 Å². The first kappa shape index (κ1) is 13.1. The average Bonchev–Trinajstić information content (AvgIpc) is 2.81. The number of nitrogens with two attached hydrogens (primary N) is 1. The average molecular weight is 282 g/mol. The maximum absolute atomic E-state index is 11.7. The fourth-order valence-electron chi connectivity index (χ4n) is 2.38. The van der Waals surface area contributed by atoms with Gasteiger partial charge in [-0.2, -0.15) is 0 Å². The fraction of sp³-hybridized carbons (Fsp3) is 0.133. The van der Waals surface area contributed by atoms with Crippen LogP contribution in [0.2, 0.25) is 0 Å². The molecule has 0 saturated carbocycles. The van der Waals surface area contributed by atoms with Crippen LogP contribution in [0.4, 0.5) is 5.82 Å². The highest BCUT2D eigenvalue weighted by Crippen LogP contribution is 2.26. The molecule has 3 aromatic rings. The number of fused-ring (bicyclic) bond motifs is 1. The zero-order chi connectivity index (χ0) is 15.0. The van der Waals surface area contributed by atoms with Crippen LogP contribution >= 0.6 is 0 Å². The minimum Gasteiger partial charge on any atom is -0.464 e. The number of benzene rings is 1. The van der Waals surface area contributed by atoms with Gasteiger partial charge in [-0.15, -0.1) is 0 Å². The van der Waals surface area contributed by atoms with E-state index >= 15 is 0 Å². The summed E-state index contributed by atoms with van der Waals surface area (Å²) < 4.78 is 6.43. The largest absolute Gasteiger partial charge is 0.464 e. The van der Waals surface area contributed by atoms with Gasteiger partial charge in [0.2, 0.25) is 0 Å². The Hall–Kier alpha value is -2.89. The van der Waals surface area contributed by atoms with Crippen LogP contribution in [-0.2, 0) is 4.74 Å². The molecule has 2 aromatic heterocycles. The maximum atomic E-state index is 11.7. The first-order chi connectivity index (χ1) is 10.1. The second-order valence-electron chi connectivity index (χ2n) is 4.57. The lowest BCUT2D eigenvalue weighted by molar-refractivity contribution is 0.0596. The van der Waals surface area contributed by atoms with Crippen molar-refractivity contribution in [2.75, 3.05) is 12.8 Å². The number of imidazole rings is 1. The first-order valence-electron chi connectivity index (χ1n) is 6.40. The van der Waals surface area contributed by atoms with Crippen LogP contribution in [-0.4, -0.2) is 27.6 Å². The van der Waals surface area contributed by atoms with Crippen LogP contribution in [0.15, 0.2) is 36.5 Å². The number of hydrogen-bond donors (Lipinski definition) is 1. The number of nitrogen functional groups attached to an aromatic ring is 1. The molecule has 0 atom stereocenters. The van der Waals surface area contributed by atoms with Gasteiger partial charge in [-0.25, -0.2) is 9.78 Å². The third-order valence-electron chi connectivity index (χ3n) is 3.32. The van der Waals surface area contributed by atoms with Gasteiger partial charge < -0.3 is 10.5 Å². The molecule has 0 aliphatic heterocycles. The molecular weight excluding hydrogens is 268 g/mol. The lowest BCUT2D eigenvalue weighted by atomic mass is 10.2. The maximum Gasteiger partial charge on any atom is 0.360 e. The van der Waals surface area contributed by atoms with Gasteiger partial charge in [0.1, 0.15) is 11.6 Å². The molecule has 0 spiro atoms. The molecule has 0 amide bonds. The van der Waals surface area contributed by atoms with E-state index in [1.54, 1.807) is 17.7 Å². The van der Waals surface area contributed by atoms with E-state index in [1.807, 2.05) is 30.3 Å². The summed E-state index contributed by atoms with van der Waals surface area (Å²) in [6.07, 6.45) is 1.73. The number of hydrogen-bond acceptors (Lipinski definition) is 5. The van der Waals surface area contributed by atoms with Crippen LogP contribution in [0.1, 0.15) is 16.3 Å². The van der Waals surface area contributed by atoms with Crippen LogP contribution in [0, 0.1) is 6.92 Å². The van der Waals surface area contributed by atoms with Gasteiger partial charge in [-0.3, -0.25) is 9.55 Å². The quantitative estimate of drug-likeness (QED) is 0.728. The number of carbonyl (C=O) groups excluding carboxylic acids is 1. The van der Waals surface area contributed by atoms with E-state index in [0.29, 0.717) is 5.82 Å². The predicted octanol–water partition coefficient (Wildman–Crippen LogP) is 2.10. The van der Waals surface area contributed by atoms with E-state index in [9.17, 15) is 4.79 Å². The van der Waals surface area contributed by atoms with Crippen LogP contribution in [0.25, 0.3) is 16.6 Å². The van der Waals surface area contributed by atoms with Crippen molar-refractivity contribution in [2.24, 2.45) is 0 Å². The molecule has 3 rings (SSSR count). The highest BCUT2D eigenvalue weighted by Gasteiger charge is 2.20. The van der Waals surface area contributed by atoms with Crippen molar-refractivity contribution in [3.63, 3.8) is 0 Å². The predicted molar refractivity (Wildman–Crippen MR) is 79.4 cm³/mol. The standard InChI is InChI=1S/C15H14N4O2/c1-9-18-13(15(20)21-2)14(16)19(9)12-7-3-6-11-10(12)5-4-8-17-11/h3-8H,16H2,1-2H3. The van der Waals surface area contributed by atoms with Gasteiger partial charge >= 0.3 is 5.97 Å². The van der Waals surface area contributed by atoms with Crippen molar-refractivity contribution in [1.82, 2.24) is 14.5 Å². The summed E-state index contributed by atoms with van der Waals surface area (Å²) in [6.45, 7) is 1.79. The Morgan fingerprint density at radius 3 is 2.86 bits per heavy atom. The first-order valence-corrected chi connectivity index (χ1v) is 6.40. The minimum atomic E-state index is -0.548. The van der Waals surface area contributed by atoms with Gasteiger partial charge in [0.15, 0.2) is 5.69 Å². The molecular formula is C15H14N4O2. The number of pyridine rings is 1. The lowest BCUT2D eigenvalue weighted by Gasteiger charge is -2.10. The Morgan fingerprint density at radius 1 is 1.29 bits per heavy atom. The number of aryl methyl sites for hydroxylation is 1. The second kappa shape index (κ2) is 4.90. The van der Waals surface area contributed by atoms with E-state index < -0.39 is 5.97 Å². The van der Waals surface area contributed by atoms with Gasteiger partial charge in [0.05, 0.1) is 18.3 Å². The number of aromatic nitrogens is 3. The molecule has 0 aliphatic rings. The smallest absolute Gasteiger partial charge is 0.360 e. The highest BCUT2D eigenvalue weighted by atomic mass is 16.5. The summed E-state index contributed by atoms with van der Waals surface area (Å²) in [6, 6.07) is 9.53. The number of carbonyl (C=O) groups is 1. The molecule has 0 bridgehead atoms. The van der Waals surface area contributed by atoms with E-state index in [1.165, 1.54) is 7.11 Å². The van der Waals surface area contributed by atoms with Crippen molar-refractivity contribution in [2.45, 2.75) is 6.92 Å². The summed E-state index contributed by atoms with van der Waals surface area (Å²) in [5.74, 6) is 0.327. The minimum absolute atomic E-state index is 0.121. The molecule has 21 heavy (non-hydrogen) atoms. The third-order valence-corrected chi connectivity index (χ3v) is 3.32.